The summed E-state index contributed by atoms with van der Waals surface area (Å²) in [6.45, 7) is 13.0. The van der Waals surface area contributed by atoms with Crippen LogP contribution >= 0.6 is 35.7 Å². The Bertz CT molecular complexity index is 610. The van der Waals surface area contributed by atoms with Gasteiger partial charge in [-0.05, 0) is 24.5 Å². The minimum absolute atomic E-state index is 0. The predicted octanol–water partition coefficient (Wildman–Crippen LogP) is 3.43. The number of morpholine rings is 1. The Labute approximate surface area is 191 Å². The summed E-state index contributed by atoms with van der Waals surface area (Å²) in [6.07, 6.45) is 1.23. The van der Waals surface area contributed by atoms with E-state index in [1.165, 1.54) is 23.3 Å². The molecule has 0 saturated carbocycles. The number of rotatable bonds is 6. The van der Waals surface area contributed by atoms with E-state index in [1.54, 1.807) is 0 Å². The van der Waals surface area contributed by atoms with E-state index in [1.807, 2.05) is 0 Å². The van der Waals surface area contributed by atoms with Gasteiger partial charge in [-0.25, -0.2) is 4.99 Å². The van der Waals surface area contributed by atoms with Crippen molar-refractivity contribution < 1.29 is 4.74 Å². The molecule has 1 unspecified atom stereocenters. The van der Waals surface area contributed by atoms with Crippen LogP contribution < -0.4 is 5.32 Å². The Morgan fingerprint density at radius 3 is 2.75 bits per heavy atom. The van der Waals surface area contributed by atoms with Crippen LogP contribution in [-0.4, -0.2) is 72.7 Å². The van der Waals surface area contributed by atoms with Gasteiger partial charge in [0.2, 0.25) is 0 Å². The maximum atomic E-state index is 5.45. The number of nitrogens with zero attached hydrogens (tertiary/aromatic N) is 3. The van der Waals surface area contributed by atoms with E-state index in [9.17, 15) is 0 Å². The molecular formula is C21H35IN4OS. The summed E-state index contributed by atoms with van der Waals surface area (Å²) < 4.78 is 5.45. The summed E-state index contributed by atoms with van der Waals surface area (Å²) in [4.78, 5) is 9.85. The molecule has 2 saturated heterocycles. The zero-order valence-electron chi connectivity index (χ0n) is 17.2. The standard InChI is InChI=1S/C21H34N4OS.HI/c1-3-20-17-25(10-13-27-20)21(22-4-2)23-15-18-6-5-7-19(14-18)16-24-8-11-26-12-9-24;/h5-7,14,20H,3-4,8-13,15-17H2,1-2H3,(H,22,23);1H. The average molecular weight is 519 g/mol. The summed E-state index contributed by atoms with van der Waals surface area (Å²) in [5.41, 5.74) is 2.66. The van der Waals surface area contributed by atoms with Crippen LogP contribution in [0.25, 0.3) is 0 Å². The fraction of sp³-hybridized carbons (Fsp3) is 0.667. The number of hydrogen-bond donors (Lipinski definition) is 1. The quantitative estimate of drug-likeness (QED) is 0.355. The third kappa shape index (κ3) is 7.39. The van der Waals surface area contributed by atoms with Gasteiger partial charge in [0.1, 0.15) is 0 Å². The lowest BCUT2D eigenvalue weighted by atomic mass is 10.1. The van der Waals surface area contributed by atoms with Crippen LogP contribution in [0.5, 0.6) is 0 Å². The van der Waals surface area contributed by atoms with Crippen molar-refractivity contribution in [1.29, 1.82) is 0 Å². The van der Waals surface area contributed by atoms with Crippen molar-refractivity contribution in [2.24, 2.45) is 4.99 Å². The molecule has 158 valence electrons. The minimum atomic E-state index is 0. The molecule has 3 rings (SSSR count). The van der Waals surface area contributed by atoms with E-state index in [4.69, 9.17) is 9.73 Å². The molecule has 0 spiro atoms. The van der Waals surface area contributed by atoms with Gasteiger partial charge < -0.3 is 15.0 Å². The molecule has 2 aliphatic rings. The van der Waals surface area contributed by atoms with Gasteiger partial charge in [0.05, 0.1) is 19.8 Å². The third-order valence-electron chi connectivity index (χ3n) is 5.14. The first-order valence-corrected chi connectivity index (χ1v) is 11.4. The Hall–Kier alpha value is -0.510. The van der Waals surface area contributed by atoms with Gasteiger partial charge in [-0.2, -0.15) is 11.8 Å². The van der Waals surface area contributed by atoms with Crippen LogP contribution in [0.15, 0.2) is 29.3 Å². The number of guanidine groups is 1. The van der Waals surface area contributed by atoms with E-state index in [0.29, 0.717) is 0 Å². The topological polar surface area (TPSA) is 40.1 Å². The fourth-order valence-corrected chi connectivity index (χ4v) is 4.77. The normalized spacial score (nSPS) is 21.3. The molecule has 5 nitrogen and oxygen atoms in total. The Morgan fingerprint density at radius 2 is 2.00 bits per heavy atom. The number of hydrogen-bond acceptors (Lipinski definition) is 4. The van der Waals surface area contributed by atoms with E-state index in [-0.39, 0.29) is 24.0 Å². The van der Waals surface area contributed by atoms with Crippen molar-refractivity contribution in [3.05, 3.63) is 35.4 Å². The maximum absolute atomic E-state index is 5.45. The highest BCUT2D eigenvalue weighted by Crippen LogP contribution is 2.21. The van der Waals surface area contributed by atoms with E-state index in [2.05, 4.69) is 65.0 Å². The van der Waals surface area contributed by atoms with Crippen molar-refractivity contribution in [2.45, 2.75) is 38.6 Å². The van der Waals surface area contributed by atoms with Gasteiger partial charge in [0.15, 0.2) is 5.96 Å². The molecule has 1 N–H and O–H groups in total. The number of nitrogens with one attached hydrogen (secondary N) is 1. The van der Waals surface area contributed by atoms with Crippen molar-refractivity contribution in [3.63, 3.8) is 0 Å². The van der Waals surface area contributed by atoms with E-state index in [0.717, 1.165) is 70.2 Å². The third-order valence-corrected chi connectivity index (χ3v) is 6.51. The van der Waals surface area contributed by atoms with Crippen molar-refractivity contribution in [3.8, 4) is 0 Å². The van der Waals surface area contributed by atoms with Crippen LogP contribution in [0.2, 0.25) is 0 Å². The molecule has 2 aliphatic heterocycles. The second-order valence-electron chi connectivity index (χ2n) is 7.23. The number of ether oxygens (including phenoxy) is 1. The van der Waals surface area contributed by atoms with Crippen LogP contribution in [0.3, 0.4) is 0 Å². The monoisotopic (exact) mass is 518 g/mol. The zero-order chi connectivity index (χ0) is 18.9. The Morgan fingerprint density at radius 1 is 1.21 bits per heavy atom. The highest BCUT2D eigenvalue weighted by Gasteiger charge is 2.21. The lowest BCUT2D eigenvalue weighted by Crippen LogP contribution is -2.48. The van der Waals surface area contributed by atoms with Crippen molar-refractivity contribution >= 4 is 41.7 Å². The summed E-state index contributed by atoms with van der Waals surface area (Å²) >= 11 is 2.10. The average Bonchev–Trinajstić information content (AvgIpc) is 2.72. The van der Waals surface area contributed by atoms with E-state index < -0.39 is 0 Å². The largest absolute Gasteiger partial charge is 0.379 e. The highest BCUT2D eigenvalue weighted by atomic mass is 127. The summed E-state index contributed by atoms with van der Waals surface area (Å²) in [7, 11) is 0. The van der Waals surface area contributed by atoms with Gasteiger partial charge in [0.25, 0.3) is 0 Å². The predicted molar refractivity (Wildman–Crippen MR) is 131 cm³/mol. The van der Waals surface area contributed by atoms with Crippen molar-refractivity contribution in [2.75, 3.05) is 51.7 Å². The van der Waals surface area contributed by atoms with Gasteiger partial charge in [-0.1, -0.05) is 31.2 Å². The highest BCUT2D eigenvalue weighted by molar-refractivity contribution is 14.0. The SMILES string of the molecule is CCNC(=NCc1cccc(CN2CCOCC2)c1)N1CCSC(CC)C1.I. The van der Waals surface area contributed by atoms with Gasteiger partial charge in [-0.3, -0.25) is 4.90 Å². The lowest BCUT2D eigenvalue weighted by Gasteiger charge is -2.34. The number of benzene rings is 1. The van der Waals surface area contributed by atoms with Crippen LogP contribution in [0, 0.1) is 0 Å². The van der Waals surface area contributed by atoms with Crippen LogP contribution in [-0.2, 0) is 17.8 Å². The first-order valence-electron chi connectivity index (χ1n) is 10.3. The molecule has 1 aromatic carbocycles. The molecule has 2 heterocycles. The summed E-state index contributed by atoms with van der Waals surface area (Å²) in [5, 5.41) is 4.21. The molecule has 0 aliphatic carbocycles. The first kappa shape index (κ1) is 23.8. The van der Waals surface area contributed by atoms with Gasteiger partial charge in [0, 0.05) is 50.3 Å². The van der Waals surface area contributed by atoms with E-state index >= 15 is 0 Å². The molecule has 7 heteroatoms. The molecule has 1 atom stereocenters. The summed E-state index contributed by atoms with van der Waals surface area (Å²) in [6, 6.07) is 8.89. The number of halogens is 1. The molecule has 0 bridgehead atoms. The maximum Gasteiger partial charge on any atom is 0.194 e. The molecule has 2 fully saturated rings. The minimum Gasteiger partial charge on any atom is -0.379 e. The van der Waals surface area contributed by atoms with Crippen molar-refractivity contribution in [1.82, 2.24) is 15.1 Å². The molecule has 1 aromatic rings. The van der Waals surface area contributed by atoms with Gasteiger partial charge >= 0.3 is 0 Å². The molecule has 28 heavy (non-hydrogen) atoms. The molecule has 0 amide bonds. The molecular weight excluding hydrogens is 483 g/mol. The fourth-order valence-electron chi connectivity index (χ4n) is 3.59. The summed E-state index contributed by atoms with van der Waals surface area (Å²) in [5.74, 6) is 2.26. The van der Waals surface area contributed by atoms with Crippen LogP contribution in [0.4, 0.5) is 0 Å². The molecule has 0 radical (unpaired) electrons. The zero-order valence-corrected chi connectivity index (χ0v) is 20.4. The Kier molecular flexibility index (Phi) is 11.0. The Balaban J connectivity index is 0.00000280. The number of aliphatic imine (C=N–C) groups is 1. The molecule has 0 aromatic heterocycles. The number of thioether (sulfide) groups is 1. The van der Waals surface area contributed by atoms with Gasteiger partial charge in [-0.15, -0.1) is 24.0 Å². The second kappa shape index (κ2) is 12.9. The second-order valence-corrected chi connectivity index (χ2v) is 8.63. The smallest absolute Gasteiger partial charge is 0.194 e. The first-order chi connectivity index (χ1) is 13.3. The lowest BCUT2D eigenvalue weighted by molar-refractivity contribution is 0.0342. The van der Waals surface area contributed by atoms with Crippen LogP contribution in [0.1, 0.15) is 31.4 Å².